The Hall–Kier alpha value is -0.530. The third kappa shape index (κ3) is 19.0. The van der Waals surface area contributed by atoms with Gasteiger partial charge >= 0.3 is 5.97 Å². The number of esters is 1. The van der Waals surface area contributed by atoms with Crippen molar-refractivity contribution in [2.24, 2.45) is 5.41 Å². The van der Waals surface area contributed by atoms with Crippen LogP contribution in [0.25, 0.3) is 0 Å². The highest BCUT2D eigenvalue weighted by Crippen LogP contribution is 2.28. The standard InChI is InChI=1S/C30H60O2/c1-6-9-12-15-17-18-19-21-23-26-28(25-22-20-16-13-10-7-2)32-29(31)30(4,5)27-24-14-11-8-3/h28H,6-27H2,1-5H3. The molecular weight excluding hydrogens is 392 g/mol. The molecule has 0 spiro atoms. The monoisotopic (exact) mass is 452 g/mol. The van der Waals surface area contributed by atoms with Crippen LogP contribution in [0, 0.1) is 5.41 Å². The van der Waals surface area contributed by atoms with Crippen molar-refractivity contribution in [2.75, 3.05) is 0 Å². The zero-order valence-corrected chi connectivity index (χ0v) is 23.0. The number of carbonyl (C=O) groups excluding carboxylic acids is 1. The van der Waals surface area contributed by atoms with Crippen LogP contribution in [0.5, 0.6) is 0 Å². The van der Waals surface area contributed by atoms with Gasteiger partial charge in [0.2, 0.25) is 0 Å². The number of ether oxygens (including phenoxy) is 1. The minimum Gasteiger partial charge on any atom is -0.462 e. The first-order chi connectivity index (χ1) is 15.5. The van der Waals surface area contributed by atoms with E-state index < -0.39 is 0 Å². The van der Waals surface area contributed by atoms with Gasteiger partial charge in [0.15, 0.2) is 0 Å². The van der Waals surface area contributed by atoms with Crippen LogP contribution < -0.4 is 0 Å². The van der Waals surface area contributed by atoms with Crippen molar-refractivity contribution in [3.05, 3.63) is 0 Å². The summed E-state index contributed by atoms with van der Waals surface area (Å²) in [6, 6.07) is 0. The second-order valence-electron chi connectivity index (χ2n) is 10.9. The van der Waals surface area contributed by atoms with E-state index in [2.05, 4.69) is 34.6 Å². The van der Waals surface area contributed by atoms with E-state index in [0.29, 0.717) is 0 Å². The minimum absolute atomic E-state index is 0.0425. The first-order valence-electron chi connectivity index (χ1n) is 14.7. The SMILES string of the molecule is CCCCCCCCCCCC(CCCCCCCC)OC(=O)C(C)(C)CCCCCC. The largest absolute Gasteiger partial charge is 0.462 e. The quantitative estimate of drug-likeness (QED) is 0.107. The van der Waals surface area contributed by atoms with Crippen LogP contribution in [-0.4, -0.2) is 12.1 Å². The molecule has 0 heterocycles. The molecular formula is C30H60O2. The zero-order valence-electron chi connectivity index (χ0n) is 23.0. The molecule has 0 aliphatic carbocycles. The lowest BCUT2D eigenvalue weighted by Gasteiger charge is -2.27. The molecule has 0 aromatic heterocycles. The lowest BCUT2D eigenvalue weighted by atomic mass is 9.86. The average molecular weight is 453 g/mol. The summed E-state index contributed by atoms with van der Waals surface area (Å²) in [6.45, 7) is 11.0. The van der Waals surface area contributed by atoms with Gasteiger partial charge in [0.05, 0.1) is 5.41 Å². The van der Waals surface area contributed by atoms with Crippen LogP contribution >= 0.6 is 0 Å². The van der Waals surface area contributed by atoms with Crippen molar-refractivity contribution >= 4 is 5.97 Å². The Labute approximate surface area is 203 Å². The third-order valence-electron chi connectivity index (χ3n) is 6.99. The van der Waals surface area contributed by atoms with Gasteiger partial charge in [0, 0.05) is 0 Å². The third-order valence-corrected chi connectivity index (χ3v) is 6.99. The van der Waals surface area contributed by atoms with E-state index in [1.54, 1.807) is 0 Å². The highest BCUT2D eigenvalue weighted by atomic mass is 16.5. The molecule has 0 radical (unpaired) electrons. The average Bonchev–Trinajstić information content (AvgIpc) is 2.77. The maximum atomic E-state index is 13.0. The zero-order chi connectivity index (χ0) is 23.9. The highest BCUT2D eigenvalue weighted by molar-refractivity contribution is 5.76. The Morgan fingerprint density at radius 1 is 0.562 bits per heavy atom. The molecule has 192 valence electrons. The number of unbranched alkanes of at least 4 members (excludes halogenated alkanes) is 16. The van der Waals surface area contributed by atoms with Crippen LogP contribution in [0.2, 0.25) is 0 Å². The Balaban J connectivity index is 4.32. The molecule has 0 fully saturated rings. The number of rotatable bonds is 24. The summed E-state index contributed by atoms with van der Waals surface area (Å²) in [4.78, 5) is 13.0. The lowest BCUT2D eigenvalue weighted by molar-refractivity contribution is -0.161. The van der Waals surface area contributed by atoms with Crippen molar-refractivity contribution in [3.8, 4) is 0 Å². The van der Waals surface area contributed by atoms with E-state index >= 15 is 0 Å². The van der Waals surface area contributed by atoms with Crippen molar-refractivity contribution in [2.45, 2.75) is 182 Å². The van der Waals surface area contributed by atoms with E-state index in [4.69, 9.17) is 4.74 Å². The van der Waals surface area contributed by atoms with Gasteiger partial charge in [0.25, 0.3) is 0 Å². The predicted octanol–water partition coefficient (Wildman–Crippen LogP) is 10.6. The fourth-order valence-corrected chi connectivity index (χ4v) is 4.50. The molecule has 0 rings (SSSR count). The molecule has 32 heavy (non-hydrogen) atoms. The van der Waals surface area contributed by atoms with E-state index in [1.165, 1.54) is 116 Å². The molecule has 0 aliphatic heterocycles. The van der Waals surface area contributed by atoms with Crippen LogP contribution in [-0.2, 0) is 9.53 Å². The summed E-state index contributed by atoms with van der Waals surface area (Å²) in [7, 11) is 0. The molecule has 2 heteroatoms. The summed E-state index contributed by atoms with van der Waals surface area (Å²) in [5.41, 5.74) is -0.342. The van der Waals surface area contributed by atoms with E-state index in [-0.39, 0.29) is 17.5 Å². The summed E-state index contributed by atoms with van der Waals surface area (Å²) >= 11 is 0. The molecule has 1 atom stereocenters. The summed E-state index contributed by atoms with van der Waals surface area (Å²) in [5, 5.41) is 0. The van der Waals surface area contributed by atoms with Crippen molar-refractivity contribution in [3.63, 3.8) is 0 Å². The fraction of sp³-hybridized carbons (Fsp3) is 0.967. The van der Waals surface area contributed by atoms with Gasteiger partial charge in [-0.1, -0.05) is 130 Å². The molecule has 0 saturated heterocycles. The Kier molecular flexibility index (Phi) is 21.9. The first kappa shape index (κ1) is 31.5. The Morgan fingerprint density at radius 2 is 0.906 bits per heavy atom. The van der Waals surface area contributed by atoms with E-state index in [1.807, 2.05) is 0 Å². The lowest BCUT2D eigenvalue weighted by Crippen LogP contribution is -2.31. The molecule has 0 bridgehead atoms. The fourth-order valence-electron chi connectivity index (χ4n) is 4.50. The van der Waals surface area contributed by atoms with Crippen molar-refractivity contribution in [1.29, 1.82) is 0 Å². The molecule has 1 unspecified atom stereocenters. The molecule has 0 aromatic carbocycles. The molecule has 0 aromatic rings. The number of carbonyl (C=O) groups is 1. The normalized spacial score (nSPS) is 12.8. The van der Waals surface area contributed by atoms with Gasteiger partial charge in [-0.3, -0.25) is 4.79 Å². The van der Waals surface area contributed by atoms with Crippen LogP contribution in [0.3, 0.4) is 0 Å². The van der Waals surface area contributed by atoms with Gasteiger partial charge in [0.1, 0.15) is 6.10 Å². The summed E-state index contributed by atoms with van der Waals surface area (Å²) < 4.78 is 6.13. The van der Waals surface area contributed by atoms with E-state index in [0.717, 1.165) is 25.7 Å². The molecule has 0 N–H and O–H groups in total. The topological polar surface area (TPSA) is 26.3 Å². The number of hydrogen-bond acceptors (Lipinski definition) is 2. The van der Waals surface area contributed by atoms with E-state index in [9.17, 15) is 4.79 Å². The molecule has 0 saturated carbocycles. The van der Waals surface area contributed by atoms with Crippen molar-refractivity contribution in [1.82, 2.24) is 0 Å². The van der Waals surface area contributed by atoms with Gasteiger partial charge < -0.3 is 4.74 Å². The maximum absolute atomic E-state index is 13.0. The van der Waals surface area contributed by atoms with Gasteiger partial charge in [-0.05, 0) is 46.0 Å². The smallest absolute Gasteiger partial charge is 0.311 e. The number of hydrogen-bond donors (Lipinski definition) is 0. The molecule has 0 aliphatic rings. The van der Waals surface area contributed by atoms with Crippen LogP contribution in [0.1, 0.15) is 176 Å². The van der Waals surface area contributed by atoms with Crippen LogP contribution in [0.15, 0.2) is 0 Å². The Morgan fingerprint density at radius 3 is 1.31 bits per heavy atom. The second kappa shape index (κ2) is 22.3. The first-order valence-corrected chi connectivity index (χ1v) is 14.7. The second-order valence-corrected chi connectivity index (χ2v) is 10.9. The predicted molar refractivity (Wildman–Crippen MR) is 142 cm³/mol. The highest BCUT2D eigenvalue weighted by Gasteiger charge is 2.30. The maximum Gasteiger partial charge on any atom is 0.311 e. The van der Waals surface area contributed by atoms with Crippen molar-refractivity contribution < 1.29 is 9.53 Å². The Bertz CT molecular complexity index is 402. The molecule has 2 nitrogen and oxygen atoms in total. The summed E-state index contributed by atoms with van der Waals surface area (Å²) in [6.07, 6.45) is 28.0. The van der Waals surface area contributed by atoms with Gasteiger partial charge in [-0.15, -0.1) is 0 Å². The molecule has 0 amide bonds. The minimum atomic E-state index is -0.342. The summed E-state index contributed by atoms with van der Waals surface area (Å²) in [5.74, 6) is 0.0425. The van der Waals surface area contributed by atoms with Gasteiger partial charge in [-0.2, -0.15) is 0 Å². The van der Waals surface area contributed by atoms with Crippen LogP contribution in [0.4, 0.5) is 0 Å². The van der Waals surface area contributed by atoms with Gasteiger partial charge in [-0.25, -0.2) is 0 Å².